The van der Waals surface area contributed by atoms with Crippen molar-refractivity contribution in [3.05, 3.63) is 23.7 Å². The van der Waals surface area contributed by atoms with Gasteiger partial charge in [0, 0.05) is 13.0 Å². The molecule has 0 aliphatic heterocycles. The predicted molar refractivity (Wildman–Crippen MR) is 49.0 cm³/mol. The van der Waals surface area contributed by atoms with E-state index < -0.39 is 0 Å². The number of nitrogens with one attached hydrogen (secondary N) is 1. The molecule has 0 aliphatic rings. The molecule has 0 aromatic carbocycles. The fraction of sp³-hybridized carbons (Fsp3) is 0.444. The second kappa shape index (κ2) is 4.67. The largest absolute Gasteiger partial charge is 0.468 e. The van der Waals surface area contributed by atoms with Crippen LogP contribution in [0.1, 0.15) is 17.7 Å². The lowest BCUT2D eigenvalue weighted by Gasteiger charge is -2.00. The normalized spacial score (nSPS) is 10.2. The van der Waals surface area contributed by atoms with Crippen molar-refractivity contribution in [1.29, 1.82) is 0 Å². The van der Waals surface area contributed by atoms with Crippen LogP contribution in [0.15, 0.2) is 16.7 Å². The van der Waals surface area contributed by atoms with Crippen LogP contribution in [0, 0.1) is 6.92 Å². The molecule has 0 bridgehead atoms. The van der Waals surface area contributed by atoms with Crippen molar-refractivity contribution in [3.63, 3.8) is 0 Å². The van der Waals surface area contributed by atoms with E-state index >= 15 is 0 Å². The van der Waals surface area contributed by atoms with E-state index in [0.717, 1.165) is 11.3 Å². The fourth-order valence-corrected chi connectivity index (χ4v) is 0.999. The molecule has 0 fully saturated rings. The minimum Gasteiger partial charge on any atom is -0.468 e. The Hall–Kier alpha value is -1.29. The highest BCUT2D eigenvalue weighted by molar-refractivity contribution is 5.73. The molecule has 0 saturated carbocycles. The van der Waals surface area contributed by atoms with Crippen LogP contribution >= 0.6 is 0 Å². The second-order valence-electron chi connectivity index (χ2n) is 2.92. The SMILES string of the molecule is Cc1ccoc1CNCCC(N)=O. The number of carbonyl (C=O) groups is 1. The van der Waals surface area contributed by atoms with Crippen LogP contribution in [0.3, 0.4) is 0 Å². The maximum Gasteiger partial charge on any atom is 0.218 e. The van der Waals surface area contributed by atoms with Gasteiger partial charge in [-0.2, -0.15) is 0 Å². The summed E-state index contributed by atoms with van der Waals surface area (Å²) in [4.78, 5) is 10.4. The molecule has 1 aromatic heterocycles. The standard InChI is InChI=1S/C9H14N2O2/c1-7-3-5-13-8(7)6-11-4-2-9(10)12/h3,5,11H,2,4,6H2,1H3,(H2,10,12). The third-order valence-corrected chi connectivity index (χ3v) is 1.80. The zero-order valence-corrected chi connectivity index (χ0v) is 7.67. The molecule has 0 radical (unpaired) electrons. The van der Waals surface area contributed by atoms with Crippen molar-refractivity contribution in [2.24, 2.45) is 5.73 Å². The predicted octanol–water partition coefficient (Wildman–Crippen LogP) is 0.553. The molecule has 1 heterocycles. The highest BCUT2D eigenvalue weighted by Gasteiger charge is 2.00. The molecule has 0 aliphatic carbocycles. The van der Waals surface area contributed by atoms with Crippen LogP contribution in [0.2, 0.25) is 0 Å². The van der Waals surface area contributed by atoms with Gasteiger partial charge in [-0.25, -0.2) is 0 Å². The van der Waals surface area contributed by atoms with E-state index in [2.05, 4.69) is 5.32 Å². The summed E-state index contributed by atoms with van der Waals surface area (Å²) in [5.41, 5.74) is 6.10. The van der Waals surface area contributed by atoms with Gasteiger partial charge >= 0.3 is 0 Å². The summed E-state index contributed by atoms with van der Waals surface area (Å²) in [5, 5.41) is 3.07. The third kappa shape index (κ3) is 3.29. The Morgan fingerprint density at radius 3 is 3.00 bits per heavy atom. The maximum absolute atomic E-state index is 10.4. The van der Waals surface area contributed by atoms with Crippen molar-refractivity contribution in [2.45, 2.75) is 19.9 Å². The molecule has 4 heteroatoms. The number of carbonyl (C=O) groups excluding carboxylic acids is 1. The Bertz CT molecular complexity index is 281. The number of nitrogens with two attached hydrogens (primary N) is 1. The van der Waals surface area contributed by atoms with E-state index in [-0.39, 0.29) is 5.91 Å². The van der Waals surface area contributed by atoms with Crippen molar-refractivity contribution in [3.8, 4) is 0 Å². The van der Waals surface area contributed by atoms with Gasteiger partial charge in [0.25, 0.3) is 0 Å². The lowest BCUT2D eigenvalue weighted by Crippen LogP contribution is -2.21. The lowest BCUT2D eigenvalue weighted by atomic mass is 10.3. The maximum atomic E-state index is 10.4. The molecule has 1 rings (SSSR count). The zero-order valence-electron chi connectivity index (χ0n) is 7.67. The summed E-state index contributed by atoms with van der Waals surface area (Å²) < 4.78 is 5.19. The molecule has 0 unspecified atom stereocenters. The summed E-state index contributed by atoms with van der Waals surface area (Å²) in [7, 11) is 0. The summed E-state index contributed by atoms with van der Waals surface area (Å²) in [6, 6.07) is 1.91. The first-order valence-electron chi connectivity index (χ1n) is 4.22. The molecule has 4 nitrogen and oxygen atoms in total. The zero-order chi connectivity index (χ0) is 9.68. The van der Waals surface area contributed by atoms with E-state index in [1.165, 1.54) is 0 Å². The minimum atomic E-state index is -0.288. The van der Waals surface area contributed by atoms with Crippen LogP contribution in [0.5, 0.6) is 0 Å². The van der Waals surface area contributed by atoms with E-state index in [4.69, 9.17) is 10.2 Å². The van der Waals surface area contributed by atoms with Crippen LogP contribution in [-0.4, -0.2) is 12.5 Å². The van der Waals surface area contributed by atoms with Crippen molar-refractivity contribution in [1.82, 2.24) is 5.32 Å². The number of furan rings is 1. The van der Waals surface area contributed by atoms with Crippen molar-refractivity contribution >= 4 is 5.91 Å². The molecule has 0 atom stereocenters. The quantitative estimate of drug-likeness (QED) is 0.653. The summed E-state index contributed by atoms with van der Waals surface area (Å²) in [5.74, 6) is 0.619. The van der Waals surface area contributed by atoms with Gasteiger partial charge in [0.15, 0.2) is 0 Å². The van der Waals surface area contributed by atoms with Crippen LogP contribution in [-0.2, 0) is 11.3 Å². The Morgan fingerprint density at radius 2 is 2.46 bits per heavy atom. The number of aryl methyl sites for hydroxylation is 1. The highest BCUT2D eigenvalue weighted by atomic mass is 16.3. The first-order valence-corrected chi connectivity index (χ1v) is 4.22. The summed E-state index contributed by atoms with van der Waals surface area (Å²) >= 11 is 0. The topological polar surface area (TPSA) is 68.3 Å². The van der Waals surface area contributed by atoms with Gasteiger partial charge < -0.3 is 15.5 Å². The number of rotatable bonds is 5. The Morgan fingerprint density at radius 1 is 1.69 bits per heavy atom. The van der Waals surface area contributed by atoms with Crippen molar-refractivity contribution < 1.29 is 9.21 Å². The Kier molecular flexibility index (Phi) is 3.52. The van der Waals surface area contributed by atoms with Crippen LogP contribution in [0.4, 0.5) is 0 Å². The van der Waals surface area contributed by atoms with E-state index in [1.807, 2.05) is 13.0 Å². The first kappa shape index (κ1) is 9.80. The molecule has 3 N–H and O–H groups in total. The minimum absolute atomic E-state index is 0.288. The third-order valence-electron chi connectivity index (χ3n) is 1.80. The highest BCUT2D eigenvalue weighted by Crippen LogP contribution is 2.07. The van der Waals surface area contributed by atoms with E-state index in [1.54, 1.807) is 6.26 Å². The lowest BCUT2D eigenvalue weighted by molar-refractivity contribution is -0.117. The van der Waals surface area contributed by atoms with Crippen LogP contribution < -0.4 is 11.1 Å². The van der Waals surface area contributed by atoms with Crippen LogP contribution in [0.25, 0.3) is 0 Å². The average Bonchev–Trinajstić information content (AvgIpc) is 2.45. The van der Waals surface area contributed by atoms with Gasteiger partial charge in [0.05, 0.1) is 12.8 Å². The van der Waals surface area contributed by atoms with Gasteiger partial charge in [0.2, 0.25) is 5.91 Å². The van der Waals surface area contributed by atoms with Crippen molar-refractivity contribution in [2.75, 3.05) is 6.54 Å². The second-order valence-corrected chi connectivity index (χ2v) is 2.92. The van der Waals surface area contributed by atoms with Gasteiger partial charge in [-0.05, 0) is 18.6 Å². The smallest absolute Gasteiger partial charge is 0.218 e. The van der Waals surface area contributed by atoms with Gasteiger partial charge in [-0.3, -0.25) is 4.79 Å². The van der Waals surface area contributed by atoms with Gasteiger partial charge in [0.1, 0.15) is 5.76 Å². The van der Waals surface area contributed by atoms with E-state index in [9.17, 15) is 4.79 Å². The average molecular weight is 182 g/mol. The van der Waals surface area contributed by atoms with Gasteiger partial charge in [-0.1, -0.05) is 0 Å². The molecule has 1 amide bonds. The summed E-state index contributed by atoms with van der Waals surface area (Å²) in [6.07, 6.45) is 2.01. The number of hydrogen-bond acceptors (Lipinski definition) is 3. The first-order chi connectivity index (χ1) is 6.20. The summed E-state index contributed by atoms with van der Waals surface area (Å²) in [6.45, 7) is 3.22. The molecule has 0 spiro atoms. The molecule has 72 valence electrons. The Labute approximate surface area is 77.1 Å². The van der Waals surface area contributed by atoms with E-state index in [0.29, 0.717) is 19.5 Å². The molecular weight excluding hydrogens is 168 g/mol. The molecule has 1 aromatic rings. The molecule has 13 heavy (non-hydrogen) atoms. The monoisotopic (exact) mass is 182 g/mol. The number of primary amides is 1. The van der Waals surface area contributed by atoms with Gasteiger partial charge in [-0.15, -0.1) is 0 Å². The molecule has 0 saturated heterocycles. The number of hydrogen-bond donors (Lipinski definition) is 2. The molecular formula is C9H14N2O2. The Balaban J connectivity index is 2.20. The number of amides is 1. The fourth-order valence-electron chi connectivity index (χ4n) is 0.999.